The molecule has 0 aliphatic carbocycles. The summed E-state index contributed by atoms with van der Waals surface area (Å²) in [5.41, 5.74) is 2.02. The number of halogens is 2. The topological polar surface area (TPSA) is 41.1 Å². The maximum absolute atomic E-state index is 14.3. The zero-order chi connectivity index (χ0) is 14.0. The number of fused-ring (bicyclic) bond motifs is 1. The van der Waals surface area contributed by atoms with E-state index in [0.717, 1.165) is 17.7 Å². The molecule has 20 heavy (non-hydrogen) atoms. The van der Waals surface area contributed by atoms with Gasteiger partial charge in [-0.2, -0.15) is 0 Å². The lowest BCUT2D eigenvalue weighted by Crippen LogP contribution is -2.27. The van der Waals surface area contributed by atoms with Crippen LogP contribution in [0.4, 0.5) is 10.1 Å². The van der Waals surface area contributed by atoms with Crippen LogP contribution in [0.25, 0.3) is 0 Å². The Morgan fingerprint density at radius 3 is 2.70 bits per heavy atom. The van der Waals surface area contributed by atoms with E-state index in [1.807, 2.05) is 26.8 Å². The van der Waals surface area contributed by atoms with E-state index in [1.54, 1.807) is 6.07 Å². The van der Waals surface area contributed by atoms with E-state index in [0.29, 0.717) is 18.7 Å². The lowest BCUT2D eigenvalue weighted by molar-refractivity contribution is -0.120. The normalized spacial score (nSPS) is 15.2. The number of nitrogens with one attached hydrogen (secondary N) is 2. The average Bonchev–Trinajstić information content (AvgIpc) is 2.41. The van der Waals surface area contributed by atoms with Gasteiger partial charge in [-0.1, -0.05) is 26.8 Å². The van der Waals surface area contributed by atoms with Crippen LogP contribution in [-0.2, 0) is 17.8 Å². The Bertz CT molecular complexity index is 491. The molecule has 1 aliphatic heterocycles. The van der Waals surface area contributed by atoms with Gasteiger partial charge in [0.2, 0.25) is 5.91 Å². The van der Waals surface area contributed by atoms with E-state index in [2.05, 4.69) is 10.6 Å². The molecule has 3 nitrogen and oxygen atoms in total. The fraction of sp³-hybridized carbons (Fsp3) is 0.533. The van der Waals surface area contributed by atoms with Crippen LogP contribution in [0.5, 0.6) is 0 Å². The number of carbonyl (C=O) groups excluding carboxylic acids is 1. The summed E-state index contributed by atoms with van der Waals surface area (Å²) in [7, 11) is 0. The summed E-state index contributed by atoms with van der Waals surface area (Å²) in [4.78, 5) is 12.0. The molecule has 0 saturated heterocycles. The minimum absolute atomic E-state index is 0. The summed E-state index contributed by atoms with van der Waals surface area (Å²) in [6.07, 6.45) is 0.671. The molecular formula is C15H22ClFN2O. The minimum Gasteiger partial charge on any atom is -0.323 e. The molecule has 1 amide bonds. The number of benzene rings is 1. The Morgan fingerprint density at radius 2 is 2.05 bits per heavy atom. The second-order valence-electron chi connectivity index (χ2n) is 5.51. The lowest BCUT2D eigenvalue weighted by atomic mass is 9.96. The second kappa shape index (κ2) is 7.04. The Kier molecular flexibility index (Phi) is 5.96. The van der Waals surface area contributed by atoms with E-state index in [9.17, 15) is 9.18 Å². The third kappa shape index (κ3) is 3.49. The van der Waals surface area contributed by atoms with Crippen molar-refractivity contribution in [2.75, 3.05) is 11.9 Å². The number of anilines is 1. The van der Waals surface area contributed by atoms with Crippen LogP contribution in [0.1, 0.15) is 31.9 Å². The van der Waals surface area contributed by atoms with Gasteiger partial charge in [-0.05, 0) is 36.1 Å². The summed E-state index contributed by atoms with van der Waals surface area (Å²) in [5.74, 6) is -0.284. The van der Waals surface area contributed by atoms with E-state index in [-0.39, 0.29) is 36.0 Å². The fourth-order valence-electron chi connectivity index (χ4n) is 2.18. The molecule has 1 aromatic rings. The Labute approximate surface area is 125 Å². The highest BCUT2D eigenvalue weighted by Crippen LogP contribution is 2.25. The molecule has 0 fully saturated rings. The molecule has 5 heteroatoms. The molecule has 0 bridgehead atoms. The van der Waals surface area contributed by atoms with Gasteiger partial charge in [0.25, 0.3) is 0 Å². The number of rotatable bonds is 3. The Balaban J connectivity index is 0.00000200. The summed E-state index contributed by atoms with van der Waals surface area (Å²) in [6, 6.07) is 3.55. The SMILES string of the molecule is CC(C)C(C)C(=O)Nc1ccc2c(c1F)CCNC2.Cl. The first-order chi connectivity index (χ1) is 9.00. The van der Waals surface area contributed by atoms with Crippen molar-refractivity contribution < 1.29 is 9.18 Å². The predicted molar refractivity (Wildman–Crippen MR) is 81.7 cm³/mol. The lowest BCUT2D eigenvalue weighted by Gasteiger charge is -2.21. The third-order valence-electron chi connectivity index (χ3n) is 3.88. The van der Waals surface area contributed by atoms with Crippen LogP contribution in [0.3, 0.4) is 0 Å². The van der Waals surface area contributed by atoms with E-state index >= 15 is 0 Å². The maximum Gasteiger partial charge on any atom is 0.227 e. The molecule has 1 aliphatic rings. The molecule has 2 rings (SSSR count). The second-order valence-corrected chi connectivity index (χ2v) is 5.51. The first kappa shape index (κ1) is 16.9. The standard InChI is InChI=1S/C15H21FN2O.ClH/c1-9(2)10(3)15(19)18-13-5-4-11-8-17-7-6-12(11)14(13)16;/h4-5,9-10,17H,6-8H2,1-3H3,(H,18,19);1H. The summed E-state index contributed by atoms with van der Waals surface area (Å²) in [5, 5.41) is 5.91. The van der Waals surface area contributed by atoms with Gasteiger partial charge in [0.1, 0.15) is 5.82 Å². The van der Waals surface area contributed by atoms with Crippen LogP contribution in [-0.4, -0.2) is 12.5 Å². The molecule has 1 atom stereocenters. The molecule has 0 radical (unpaired) electrons. The van der Waals surface area contributed by atoms with Crippen molar-refractivity contribution in [3.8, 4) is 0 Å². The van der Waals surface area contributed by atoms with Crippen LogP contribution >= 0.6 is 12.4 Å². The Morgan fingerprint density at radius 1 is 1.35 bits per heavy atom. The van der Waals surface area contributed by atoms with Gasteiger partial charge in [0, 0.05) is 12.5 Å². The van der Waals surface area contributed by atoms with Gasteiger partial charge in [0.15, 0.2) is 0 Å². The maximum atomic E-state index is 14.3. The molecule has 0 saturated carbocycles. The van der Waals surface area contributed by atoms with Gasteiger partial charge in [-0.15, -0.1) is 12.4 Å². The van der Waals surface area contributed by atoms with Crippen LogP contribution < -0.4 is 10.6 Å². The van der Waals surface area contributed by atoms with Gasteiger partial charge < -0.3 is 10.6 Å². The fourth-order valence-corrected chi connectivity index (χ4v) is 2.18. The summed E-state index contributed by atoms with van der Waals surface area (Å²) in [6.45, 7) is 7.31. The van der Waals surface area contributed by atoms with Crippen LogP contribution in [0.2, 0.25) is 0 Å². The van der Waals surface area contributed by atoms with E-state index < -0.39 is 0 Å². The van der Waals surface area contributed by atoms with Gasteiger partial charge in [-0.3, -0.25) is 4.79 Å². The van der Waals surface area contributed by atoms with Gasteiger partial charge >= 0.3 is 0 Å². The van der Waals surface area contributed by atoms with Crippen molar-refractivity contribution in [2.45, 2.75) is 33.7 Å². The number of hydrogen-bond donors (Lipinski definition) is 2. The molecule has 0 aromatic heterocycles. The zero-order valence-corrected chi connectivity index (χ0v) is 12.9. The average molecular weight is 301 g/mol. The molecule has 112 valence electrons. The monoisotopic (exact) mass is 300 g/mol. The predicted octanol–water partition coefficient (Wildman–Crippen LogP) is 3.12. The minimum atomic E-state index is -0.275. The van der Waals surface area contributed by atoms with Crippen LogP contribution in [0.15, 0.2) is 12.1 Å². The molecule has 1 unspecified atom stereocenters. The highest BCUT2D eigenvalue weighted by Gasteiger charge is 2.21. The van der Waals surface area contributed by atoms with Crippen molar-refractivity contribution in [1.82, 2.24) is 5.32 Å². The van der Waals surface area contributed by atoms with Crippen molar-refractivity contribution in [2.24, 2.45) is 11.8 Å². The highest BCUT2D eigenvalue weighted by molar-refractivity contribution is 5.92. The molecule has 2 N–H and O–H groups in total. The third-order valence-corrected chi connectivity index (χ3v) is 3.88. The zero-order valence-electron chi connectivity index (χ0n) is 12.1. The molecule has 0 spiro atoms. The highest BCUT2D eigenvalue weighted by atomic mass is 35.5. The van der Waals surface area contributed by atoms with Gasteiger partial charge in [-0.25, -0.2) is 4.39 Å². The van der Waals surface area contributed by atoms with Crippen molar-refractivity contribution in [1.29, 1.82) is 0 Å². The molecule has 1 heterocycles. The molecule has 1 aromatic carbocycles. The van der Waals surface area contributed by atoms with Gasteiger partial charge in [0.05, 0.1) is 5.69 Å². The first-order valence-electron chi connectivity index (χ1n) is 6.82. The largest absolute Gasteiger partial charge is 0.323 e. The van der Waals surface area contributed by atoms with E-state index in [4.69, 9.17) is 0 Å². The number of carbonyl (C=O) groups is 1. The quantitative estimate of drug-likeness (QED) is 0.900. The summed E-state index contributed by atoms with van der Waals surface area (Å²) >= 11 is 0. The number of hydrogen-bond acceptors (Lipinski definition) is 2. The number of amides is 1. The van der Waals surface area contributed by atoms with Crippen molar-refractivity contribution >= 4 is 24.0 Å². The first-order valence-corrected chi connectivity index (χ1v) is 6.82. The smallest absolute Gasteiger partial charge is 0.227 e. The van der Waals surface area contributed by atoms with Crippen molar-refractivity contribution in [3.05, 3.63) is 29.1 Å². The molecular weight excluding hydrogens is 279 g/mol. The van der Waals surface area contributed by atoms with Crippen LogP contribution in [0, 0.1) is 17.7 Å². The van der Waals surface area contributed by atoms with Crippen molar-refractivity contribution in [3.63, 3.8) is 0 Å². The Hall–Kier alpha value is -1.13. The van der Waals surface area contributed by atoms with E-state index in [1.165, 1.54) is 0 Å². The summed E-state index contributed by atoms with van der Waals surface area (Å²) < 4.78 is 14.3.